The van der Waals surface area contributed by atoms with Crippen LogP contribution in [0.3, 0.4) is 0 Å². The first-order valence-corrected chi connectivity index (χ1v) is 7.98. The number of ether oxygens (including phenoxy) is 2. The van der Waals surface area contributed by atoms with Crippen LogP contribution in [0.2, 0.25) is 0 Å². The Kier molecular flexibility index (Phi) is 10.9. The molecule has 0 N–H and O–H groups in total. The van der Waals surface area contributed by atoms with Crippen molar-refractivity contribution in [1.82, 2.24) is 0 Å². The van der Waals surface area contributed by atoms with Gasteiger partial charge in [-0.2, -0.15) is 0 Å². The van der Waals surface area contributed by atoms with Crippen molar-refractivity contribution in [2.75, 3.05) is 0 Å². The molecule has 0 saturated carbocycles. The zero-order chi connectivity index (χ0) is 15.5. The topological polar surface area (TPSA) is 52.6 Å². The lowest BCUT2D eigenvalue weighted by Gasteiger charge is -2.16. The summed E-state index contributed by atoms with van der Waals surface area (Å²) in [5.41, 5.74) is -1.41. The molecule has 0 spiro atoms. The number of alkyl halides is 2. The fraction of sp³-hybridized carbons (Fsp3) is 0.857. The molecule has 2 atom stereocenters. The van der Waals surface area contributed by atoms with Gasteiger partial charge in [0.05, 0.1) is 0 Å². The van der Waals surface area contributed by atoms with Gasteiger partial charge in [0.1, 0.15) is 0 Å². The van der Waals surface area contributed by atoms with Crippen molar-refractivity contribution in [2.45, 2.75) is 70.4 Å². The molecule has 0 aromatic heterocycles. The molecule has 0 radical (unpaired) electrons. The van der Waals surface area contributed by atoms with E-state index < -0.39 is 29.0 Å². The Morgan fingerprint density at radius 3 is 1.55 bits per heavy atom. The molecule has 0 rings (SSSR count). The Morgan fingerprint density at radius 1 is 0.900 bits per heavy atom. The predicted molar refractivity (Wildman–Crippen MR) is 79.7 cm³/mol. The van der Waals surface area contributed by atoms with Gasteiger partial charge in [0.2, 0.25) is 0 Å². The van der Waals surface area contributed by atoms with Crippen LogP contribution in [0.5, 0.6) is 0 Å². The number of hydrogen-bond acceptors (Lipinski definition) is 4. The van der Waals surface area contributed by atoms with Crippen molar-refractivity contribution >= 4 is 35.1 Å². The van der Waals surface area contributed by atoms with Gasteiger partial charge < -0.3 is 9.47 Å². The molecule has 0 aliphatic carbocycles. The van der Waals surface area contributed by atoms with Crippen LogP contribution in [0.25, 0.3) is 0 Å². The molecular weight excluding hydrogens is 303 g/mol. The Morgan fingerprint density at radius 2 is 1.25 bits per heavy atom. The summed E-state index contributed by atoms with van der Waals surface area (Å²) in [6, 6.07) is 0. The third-order valence-corrected chi connectivity index (χ3v) is 3.38. The van der Waals surface area contributed by atoms with Gasteiger partial charge in [-0.3, -0.25) is 9.59 Å². The van der Waals surface area contributed by atoms with Crippen molar-refractivity contribution in [2.24, 2.45) is 5.92 Å². The average Bonchev–Trinajstić information content (AvgIpc) is 2.41. The van der Waals surface area contributed by atoms with Gasteiger partial charge in [-0.15, -0.1) is 0 Å². The van der Waals surface area contributed by atoms with E-state index in [1.807, 2.05) is 13.8 Å². The van der Waals surface area contributed by atoms with Crippen LogP contribution in [-0.4, -0.2) is 23.1 Å². The van der Waals surface area contributed by atoms with E-state index in [0.717, 1.165) is 25.7 Å². The van der Waals surface area contributed by atoms with Crippen LogP contribution in [-0.2, 0) is 19.1 Å². The SMILES string of the molecule is CCCCC(Cl)OC(=O)C(C)C(=O)OC(Cl)CCCC. The van der Waals surface area contributed by atoms with Crippen LogP contribution in [0.15, 0.2) is 0 Å². The quantitative estimate of drug-likeness (QED) is 0.342. The van der Waals surface area contributed by atoms with Crippen molar-refractivity contribution in [3.8, 4) is 0 Å². The van der Waals surface area contributed by atoms with E-state index in [-0.39, 0.29) is 0 Å². The van der Waals surface area contributed by atoms with E-state index in [9.17, 15) is 9.59 Å². The van der Waals surface area contributed by atoms with Gasteiger partial charge in [-0.05, 0) is 32.6 Å². The van der Waals surface area contributed by atoms with E-state index in [1.54, 1.807) is 0 Å². The molecule has 0 fully saturated rings. The number of halogens is 2. The number of esters is 2. The molecule has 0 aromatic rings. The first kappa shape index (κ1) is 19.5. The lowest BCUT2D eigenvalue weighted by molar-refractivity contribution is -0.163. The molecular formula is C14H24Cl2O4. The predicted octanol–water partition coefficient (Wildman–Crippen LogP) is 4.22. The maximum Gasteiger partial charge on any atom is 0.321 e. The average molecular weight is 327 g/mol. The third-order valence-electron chi connectivity index (χ3n) is 2.76. The minimum atomic E-state index is -1.01. The van der Waals surface area contributed by atoms with Gasteiger partial charge >= 0.3 is 11.9 Å². The number of unbranched alkanes of at least 4 members (excludes halogenated alkanes) is 2. The van der Waals surface area contributed by atoms with Gasteiger partial charge in [0.15, 0.2) is 17.0 Å². The smallest absolute Gasteiger partial charge is 0.321 e. The molecule has 0 heterocycles. The van der Waals surface area contributed by atoms with Crippen molar-refractivity contribution < 1.29 is 19.1 Å². The summed E-state index contributed by atoms with van der Waals surface area (Å²) in [7, 11) is 0. The van der Waals surface area contributed by atoms with Crippen LogP contribution >= 0.6 is 23.2 Å². The number of hydrogen-bond donors (Lipinski definition) is 0. The highest BCUT2D eigenvalue weighted by Crippen LogP contribution is 2.15. The largest absolute Gasteiger partial charge is 0.445 e. The Bertz CT molecular complexity index is 269. The summed E-state index contributed by atoms with van der Waals surface area (Å²) in [5, 5.41) is 0. The molecule has 0 aromatic carbocycles. The normalized spacial score (nSPS) is 15.2. The molecule has 4 nitrogen and oxygen atoms in total. The van der Waals surface area contributed by atoms with Gasteiger partial charge in [0.25, 0.3) is 0 Å². The molecule has 118 valence electrons. The molecule has 0 amide bonds. The van der Waals surface area contributed by atoms with Crippen molar-refractivity contribution in [3.63, 3.8) is 0 Å². The molecule has 0 bridgehead atoms. The lowest BCUT2D eigenvalue weighted by atomic mass is 10.2. The molecule has 6 heteroatoms. The summed E-state index contributed by atoms with van der Waals surface area (Å²) in [5.74, 6) is -2.36. The zero-order valence-corrected chi connectivity index (χ0v) is 13.9. The van der Waals surface area contributed by atoms with Crippen molar-refractivity contribution in [1.29, 1.82) is 0 Å². The second-order valence-corrected chi connectivity index (χ2v) is 5.67. The van der Waals surface area contributed by atoms with Gasteiger partial charge in [-0.25, -0.2) is 0 Å². The number of rotatable bonds is 10. The van der Waals surface area contributed by atoms with Crippen LogP contribution < -0.4 is 0 Å². The third kappa shape index (κ3) is 8.64. The van der Waals surface area contributed by atoms with Crippen molar-refractivity contribution in [3.05, 3.63) is 0 Å². The van der Waals surface area contributed by atoms with Gasteiger partial charge in [-0.1, -0.05) is 49.9 Å². The van der Waals surface area contributed by atoms with E-state index in [0.29, 0.717) is 12.8 Å². The highest BCUT2D eigenvalue weighted by atomic mass is 35.5. The van der Waals surface area contributed by atoms with Gasteiger partial charge in [0, 0.05) is 0 Å². The Hall–Kier alpha value is -0.480. The van der Waals surface area contributed by atoms with E-state index >= 15 is 0 Å². The second kappa shape index (κ2) is 11.2. The highest BCUT2D eigenvalue weighted by Gasteiger charge is 2.28. The van der Waals surface area contributed by atoms with Crippen LogP contribution in [0.1, 0.15) is 59.3 Å². The molecule has 20 heavy (non-hydrogen) atoms. The summed E-state index contributed by atoms with van der Waals surface area (Å²) in [6.45, 7) is 5.46. The lowest BCUT2D eigenvalue weighted by Crippen LogP contribution is -2.29. The highest BCUT2D eigenvalue weighted by molar-refractivity contribution is 6.21. The molecule has 0 aliphatic heterocycles. The standard InChI is InChI=1S/C14H24Cl2O4/c1-4-6-8-11(15)19-13(17)10(3)14(18)20-12(16)9-7-5-2/h10-12H,4-9H2,1-3H3. The first-order chi connectivity index (χ1) is 9.42. The van der Waals surface area contributed by atoms with Crippen LogP contribution in [0.4, 0.5) is 0 Å². The summed E-state index contributed by atoms with van der Waals surface area (Å²) < 4.78 is 9.96. The van der Waals surface area contributed by atoms with E-state index in [1.165, 1.54) is 6.92 Å². The number of carbonyl (C=O) groups is 2. The Balaban J connectivity index is 4.12. The summed E-state index contributed by atoms with van der Waals surface area (Å²) >= 11 is 11.7. The fourth-order valence-corrected chi connectivity index (χ4v) is 1.88. The minimum Gasteiger partial charge on any atom is -0.445 e. The number of carbonyl (C=O) groups excluding carboxylic acids is 2. The van der Waals surface area contributed by atoms with E-state index in [2.05, 4.69) is 0 Å². The Labute approximate surface area is 131 Å². The maximum absolute atomic E-state index is 11.7. The molecule has 0 saturated heterocycles. The maximum atomic E-state index is 11.7. The van der Waals surface area contributed by atoms with Crippen LogP contribution in [0, 0.1) is 5.92 Å². The summed E-state index contributed by atoms with van der Waals surface area (Å²) in [4.78, 5) is 23.4. The first-order valence-electron chi connectivity index (χ1n) is 7.11. The molecule has 0 aliphatic rings. The monoisotopic (exact) mass is 326 g/mol. The van der Waals surface area contributed by atoms with E-state index in [4.69, 9.17) is 32.7 Å². The summed E-state index contributed by atoms with van der Waals surface area (Å²) in [6.07, 6.45) is 4.79. The second-order valence-electron chi connectivity index (χ2n) is 4.70. The fourth-order valence-electron chi connectivity index (χ4n) is 1.40. The zero-order valence-electron chi connectivity index (χ0n) is 12.4. The minimum absolute atomic E-state index is 0.570. The molecule has 2 unspecified atom stereocenters.